The third-order valence-electron chi connectivity index (χ3n) is 5.01. The fourth-order valence-corrected chi connectivity index (χ4v) is 3.30. The van der Waals surface area contributed by atoms with Gasteiger partial charge in [0.15, 0.2) is 11.4 Å². The molecule has 3 heterocycles. The van der Waals surface area contributed by atoms with Gasteiger partial charge in [-0.2, -0.15) is 0 Å². The molecular formula is C18H19FN4O3. The van der Waals surface area contributed by atoms with Crippen LogP contribution in [0.4, 0.5) is 15.0 Å². The number of nitrogens with zero attached hydrogens (tertiary/aromatic N) is 3. The lowest BCUT2D eigenvalue weighted by atomic mass is 9.92. The van der Waals surface area contributed by atoms with Gasteiger partial charge in [0.2, 0.25) is 0 Å². The van der Waals surface area contributed by atoms with Gasteiger partial charge in [0.25, 0.3) is 0 Å². The number of urea groups is 1. The number of amides is 2. The van der Waals surface area contributed by atoms with E-state index in [-0.39, 0.29) is 17.8 Å². The molecule has 4 rings (SSSR count). The lowest BCUT2D eigenvalue weighted by Gasteiger charge is -2.31. The summed E-state index contributed by atoms with van der Waals surface area (Å²) >= 11 is 0. The van der Waals surface area contributed by atoms with E-state index in [9.17, 15) is 9.18 Å². The molecule has 1 aliphatic rings. The van der Waals surface area contributed by atoms with Crippen molar-refractivity contribution in [1.29, 1.82) is 0 Å². The van der Waals surface area contributed by atoms with Gasteiger partial charge in [-0.3, -0.25) is 5.32 Å². The van der Waals surface area contributed by atoms with Gasteiger partial charge in [0.05, 0.1) is 5.69 Å². The van der Waals surface area contributed by atoms with E-state index in [1.165, 1.54) is 12.1 Å². The van der Waals surface area contributed by atoms with Crippen LogP contribution in [0.5, 0.6) is 0 Å². The van der Waals surface area contributed by atoms with Gasteiger partial charge < -0.3 is 13.9 Å². The van der Waals surface area contributed by atoms with E-state index in [1.54, 1.807) is 17.9 Å². The molecule has 1 N–H and O–H groups in total. The molecule has 136 valence electrons. The first-order chi connectivity index (χ1) is 12.5. The van der Waals surface area contributed by atoms with E-state index >= 15 is 0 Å². The highest BCUT2D eigenvalue weighted by atomic mass is 19.1. The summed E-state index contributed by atoms with van der Waals surface area (Å²) < 4.78 is 23.6. The standard InChI is InChI=1S/C18H19FN4O3/c1-10-11(2)25-22-17(10)20-18(24)23-7-5-12(6-8-23)16-14-4-3-13(19)9-15(14)26-21-16/h3-4,9,12H,5-8H2,1-2H3,(H,20,22,24). The molecule has 0 aliphatic carbocycles. The molecule has 0 spiro atoms. The Morgan fingerprint density at radius 2 is 2.00 bits per heavy atom. The van der Waals surface area contributed by atoms with Crippen LogP contribution in [0.3, 0.4) is 0 Å². The van der Waals surface area contributed by atoms with Crippen LogP contribution in [0.25, 0.3) is 11.0 Å². The number of anilines is 1. The maximum absolute atomic E-state index is 13.3. The zero-order valence-electron chi connectivity index (χ0n) is 14.6. The molecule has 2 aromatic heterocycles. The lowest BCUT2D eigenvalue weighted by molar-refractivity contribution is 0.193. The number of fused-ring (bicyclic) bond motifs is 1. The van der Waals surface area contributed by atoms with E-state index in [0.717, 1.165) is 29.5 Å². The lowest BCUT2D eigenvalue weighted by Crippen LogP contribution is -2.40. The molecule has 2 amide bonds. The quantitative estimate of drug-likeness (QED) is 0.749. The molecular weight excluding hydrogens is 339 g/mol. The Balaban J connectivity index is 1.42. The van der Waals surface area contributed by atoms with Crippen molar-refractivity contribution in [1.82, 2.24) is 15.2 Å². The number of rotatable bonds is 2. The highest BCUT2D eigenvalue weighted by molar-refractivity contribution is 5.89. The van der Waals surface area contributed by atoms with Gasteiger partial charge in [-0.25, -0.2) is 9.18 Å². The molecule has 0 bridgehead atoms. The van der Waals surface area contributed by atoms with E-state index in [1.807, 2.05) is 6.92 Å². The number of carbonyl (C=O) groups excluding carboxylic acids is 1. The second-order valence-corrected chi connectivity index (χ2v) is 6.61. The van der Waals surface area contributed by atoms with Crippen LogP contribution < -0.4 is 5.32 Å². The number of piperidine rings is 1. The number of benzene rings is 1. The minimum Gasteiger partial charge on any atom is -0.359 e. The maximum atomic E-state index is 13.3. The molecule has 7 nitrogen and oxygen atoms in total. The predicted octanol–water partition coefficient (Wildman–Crippen LogP) is 3.98. The molecule has 1 aromatic carbocycles. The summed E-state index contributed by atoms with van der Waals surface area (Å²) in [5.74, 6) is 0.986. The minimum atomic E-state index is -0.343. The fourth-order valence-electron chi connectivity index (χ4n) is 3.30. The fraction of sp³-hybridized carbons (Fsp3) is 0.389. The Morgan fingerprint density at radius 1 is 1.23 bits per heavy atom. The smallest absolute Gasteiger partial charge is 0.323 e. The summed E-state index contributed by atoms with van der Waals surface area (Å²) in [5.41, 5.74) is 2.12. The molecule has 0 atom stereocenters. The zero-order valence-corrected chi connectivity index (χ0v) is 14.6. The van der Waals surface area contributed by atoms with E-state index in [0.29, 0.717) is 30.3 Å². The maximum Gasteiger partial charge on any atom is 0.323 e. The van der Waals surface area contributed by atoms with Gasteiger partial charge in [0.1, 0.15) is 11.6 Å². The number of nitrogens with one attached hydrogen (secondary N) is 1. The van der Waals surface area contributed by atoms with Crippen LogP contribution in [-0.2, 0) is 0 Å². The van der Waals surface area contributed by atoms with Gasteiger partial charge in [-0.15, -0.1) is 0 Å². The average molecular weight is 358 g/mol. The molecule has 0 radical (unpaired) electrons. The topological polar surface area (TPSA) is 84.4 Å². The number of halogens is 1. The molecule has 26 heavy (non-hydrogen) atoms. The van der Waals surface area contributed by atoms with Gasteiger partial charge >= 0.3 is 6.03 Å². The Kier molecular flexibility index (Phi) is 4.10. The third kappa shape index (κ3) is 2.91. The van der Waals surface area contributed by atoms with Gasteiger partial charge in [0, 0.05) is 36.0 Å². The zero-order chi connectivity index (χ0) is 18.3. The van der Waals surface area contributed by atoms with E-state index in [4.69, 9.17) is 9.05 Å². The second kappa shape index (κ2) is 6.44. The third-order valence-corrected chi connectivity index (χ3v) is 5.01. The van der Waals surface area contributed by atoms with Crippen LogP contribution in [0.2, 0.25) is 0 Å². The molecule has 1 saturated heterocycles. The minimum absolute atomic E-state index is 0.182. The summed E-state index contributed by atoms with van der Waals surface area (Å²) in [5, 5.41) is 11.6. The first-order valence-corrected chi connectivity index (χ1v) is 8.56. The van der Waals surface area contributed by atoms with Crippen LogP contribution in [-0.4, -0.2) is 34.3 Å². The number of hydrogen-bond donors (Lipinski definition) is 1. The van der Waals surface area contributed by atoms with E-state index < -0.39 is 0 Å². The van der Waals surface area contributed by atoms with Crippen molar-refractivity contribution >= 4 is 22.8 Å². The summed E-state index contributed by atoms with van der Waals surface area (Å²) in [6, 6.07) is 4.27. The summed E-state index contributed by atoms with van der Waals surface area (Å²) in [6.45, 7) is 4.85. The highest BCUT2D eigenvalue weighted by Crippen LogP contribution is 2.33. The van der Waals surface area contributed by atoms with Gasteiger partial charge in [-0.1, -0.05) is 10.3 Å². The van der Waals surface area contributed by atoms with Crippen LogP contribution >= 0.6 is 0 Å². The van der Waals surface area contributed by atoms with Gasteiger partial charge in [-0.05, 0) is 38.8 Å². The van der Waals surface area contributed by atoms with Crippen molar-refractivity contribution in [3.05, 3.63) is 41.0 Å². The van der Waals surface area contributed by atoms with Crippen LogP contribution in [0.15, 0.2) is 27.2 Å². The number of hydrogen-bond acceptors (Lipinski definition) is 5. The number of likely N-dealkylation sites (tertiary alicyclic amines) is 1. The molecule has 0 unspecified atom stereocenters. The monoisotopic (exact) mass is 358 g/mol. The van der Waals surface area contributed by atoms with Crippen molar-refractivity contribution in [2.45, 2.75) is 32.6 Å². The summed E-state index contributed by atoms with van der Waals surface area (Å²) in [6.07, 6.45) is 1.53. The van der Waals surface area contributed by atoms with Crippen LogP contribution in [0.1, 0.15) is 35.8 Å². The summed E-state index contributed by atoms with van der Waals surface area (Å²) in [7, 11) is 0. The number of aryl methyl sites for hydroxylation is 1. The first-order valence-electron chi connectivity index (χ1n) is 8.56. The Bertz CT molecular complexity index is 957. The number of aromatic nitrogens is 2. The highest BCUT2D eigenvalue weighted by Gasteiger charge is 2.28. The van der Waals surface area contributed by atoms with Crippen molar-refractivity contribution in [3.8, 4) is 0 Å². The SMILES string of the molecule is Cc1onc(NC(=O)N2CCC(c3noc4cc(F)ccc34)CC2)c1C. The second-order valence-electron chi connectivity index (χ2n) is 6.61. The van der Waals surface area contributed by atoms with Crippen molar-refractivity contribution < 1.29 is 18.2 Å². The first kappa shape index (κ1) is 16.6. The van der Waals surface area contributed by atoms with Crippen molar-refractivity contribution in [2.75, 3.05) is 18.4 Å². The molecule has 1 fully saturated rings. The average Bonchev–Trinajstić information content (AvgIpc) is 3.20. The summed E-state index contributed by atoms with van der Waals surface area (Å²) in [4.78, 5) is 14.2. The Hall–Kier alpha value is -2.90. The Morgan fingerprint density at radius 3 is 2.69 bits per heavy atom. The normalized spacial score (nSPS) is 15.6. The molecule has 3 aromatic rings. The van der Waals surface area contributed by atoms with Crippen molar-refractivity contribution in [3.63, 3.8) is 0 Å². The van der Waals surface area contributed by atoms with E-state index in [2.05, 4.69) is 15.6 Å². The predicted molar refractivity (Wildman–Crippen MR) is 92.5 cm³/mol. The molecule has 0 saturated carbocycles. The Labute approximate surface area is 149 Å². The largest absolute Gasteiger partial charge is 0.359 e. The van der Waals surface area contributed by atoms with Crippen molar-refractivity contribution in [2.24, 2.45) is 0 Å². The number of carbonyl (C=O) groups is 1. The van der Waals surface area contributed by atoms with Crippen LogP contribution in [0, 0.1) is 19.7 Å². The molecule has 8 heteroatoms. The molecule has 1 aliphatic heterocycles.